The van der Waals surface area contributed by atoms with Crippen LogP contribution in [0, 0.1) is 0 Å². The Kier molecular flexibility index (Phi) is 3.64. The van der Waals surface area contributed by atoms with Crippen molar-refractivity contribution in [3.05, 3.63) is 40.7 Å². The maximum atomic E-state index is 5.99. The van der Waals surface area contributed by atoms with Crippen LogP contribution in [0.25, 0.3) is 0 Å². The summed E-state index contributed by atoms with van der Waals surface area (Å²) in [7, 11) is 0. The van der Waals surface area contributed by atoms with Gasteiger partial charge in [0.05, 0.1) is 12.2 Å². The van der Waals surface area contributed by atoms with Crippen LogP contribution in [-0.2, 0) is 6.54 Å². The van der Waals surface area contributed by atoms with Crippen molar-refractivity contribution in [3.63, 3.8) is 0 Å². The standard InChI is InChI=1S/C13H17N3S/c1-10(2)16(9-11-5-4-8-17-11)13-12(14)6-3-7-15-13/h3-8,10H,9,14H2,1-2H3. The van der Waals surface area contributed by atoms with E-state index in [0.29, 0.717) is 6.04 Å². The number of pyridine rings is 1. The zero-order valence-corrected chi connectivity index (χ0v) is 10.9. The molecule has 0 aliphatic carbocycles. The second-order valence-electron chi connectivity index (χ2n) is 4.22. The summed E-state index contributed by atoms with van der Waals surface area (Å²) in [5.74, 6) is 0.871. The van der Waals surface area contributed by atoms with Crippen LogP contribution in [0.2, 0.25) is 0 Å². The second-order valence-corrected chi connectivity index (χ2v) is 5.25. The molecule has 4 heteroatoms. The number of anilines is 2. The van der Waals surface area contributed by atoms with Gasteiger partial charge >= 0.3 is 0 Å². The lowest BCUT2D eigenvalue weighted by atomic mass is 10.2. The van der Waals surface area contributed by atoms with Gasteiger partial charge in [-0.05, 0) is 37.4 Å². The Morgan fingerprint density at radius 1 is 1.35 bits per heavy atom. The summed E-state index contributed by atoms with van der Waals surface area (Å²) < 4.78 is 0. The lowest BCUT2D eigenvalue weighted by Gasteiger charge is -2.28. The van der Waals surface area contributed by atoms with E-state index in [0.717, 1.165) is 18.1 Å². The summed E-state index contributed by atoms with van der Waals surface area (Å²) in [4.78, 5) is 7.93. The lowest BCUT2D eigenvalue weighted by molar-refractivity contribution is 0.678. The molecule has 3 nitrogen and oxygen atoms in total. The zero-order chi connectivity index (χ0) is 12.3. The maximum absolute atomic E-state index is 5.99. The van der Waals surface area contributed by atoms with Gasteiger partial charge in [-0.15, -0.1) is 11.3 Å². The third-order valence-electron chi connectivity index (χ3n) is 2.62. The van der Waals surface area contributed by atoms with Gasteiger partial charge in [-0.3, -0.25) is 0 Å². The molecule has 2 aromatic heterocycles. The average Bonchev–Trinajstić information content (AvgIpc) is 2.79. The van der Waals surface area contributed by atoms with Crippen molar-refractivity contribution < 1.29 is 0 Å². The van der Waals surface area contributed by atoms with Crippen LogP contribution in [0.4, 0.5) is 11.5 Å². The van der Waals surface area contributed by atoms with Gasteiger partial charge in [0, 0.05) is 17.1 Å². The number of aromatic nitrogens is 1. The largest absolute Gasteiger partial charge is 0.396 e. The number of thiophene rings is 1. The normalized spacial score (nSPS) is 10.8. The predicted molar refractivity (Wildman–Crippen MR) is 74.3 cm³/mol. The smallest absolute Gasteiger partial charge is 0.152 e. The Hall–Kier alpha value is -1.55. The van der Waals surface area contributed by atoms with Crippen LogP contribution in [0.5, 0.6) is 0 Å². The number of nitrogens with two attached hydrogens (primary N) is 1. The molecule has 0 aliphatic heterocycles. The molecule has 0 saturated carbocycles. The number of rotatable bonds is 4. The van der Waals surface area contributed by atoms with Gasteiger partial charge in [0.25, 0.3) is 0 Å². The molecule has 0 fully saturated rings. The Balaban J connectivity index is 2.27. The minimum absolute atomic E-state index is 0.370. The molecule has 0 aromatic carbocycles. The molecule has 90 valence electrons. The molecule has 0 bridgehead atoms. The van der Waals surface area contributed by atoms with Crippen molar-refractivity contribution in [2.24, 2.45) is 0 Å². The van der Waals surface area contributed by atoms with Crippen LogP contribution in [0.1, 0.15) is 18.7 Å². The topological polar surface area (TPSA) is 42.2 Å². The van der Waals surface area contributed by atoms with E-state index in [2.05, 4.69) is 41.2 Å². The van der Waals surface area contributed by atoms with Crippen molar-refractivity contribution in [1.82, 2.24) is 4.98 Å². The fourth-order valence-corrected chi connectivity index (χ4v) is 2.42. The summed E-state index contributed by atoms with van der Waals surface area (Å²) >= 11 is 1.76. The van der Waals surface area contributed by atoms with E-state index < -0.39 is 0 Å². The first-order chi connectivity index (χ1) is 8.18. The monoisotopic (exact) mass is 247 g/mol. The van der Waals surface area contributed by atoms with E-state index in [9.17, 15) is 0 Å². The van der Waals surface area contributed by atoms with Crippen molar-refractivity contribution in [2.75, 3.05) is 10.6 Å². The van der Waals surface area contributed by atoms with Gasteiger partial charge in [0.2, 0.25) is 0 Å². The van der Waals surface area contributed by atoms with Crippen LogP contribution in [-0.4, -0.2) is 11.0 Å². The van der Waals surface area contributed by atoms with Crippen molar-refractivity contribution in [3.8, 4) is 0 Å². The summed E-state index contributed by atoms with van der Waals surface area (Å²) in [5.41, 5.74) is 6.72. The second kappa shape index (κ2) is 5.19. The van der Waals surface area contributed by atoms with E-state index >= 15 is 0 Å². The van der Waals surface area contributed by atoms with Crippen LogP contribution >= 0.6 is 11.3 Å². The highest BCUT2D eigenvalue weighted by atomic mass is 32.1. The van der Waals surface area contributed by atoms with E-state index in [1.54, 1.807) is 17.5 Å². The number of hydrogen-bond donors (Lipinski definition) is 1. The molecule has 0 radical (unpaired) electrons. The summed E-state index contributed by atoms with van der Waals surface area (Å²) in [6.07, 6.45) is 1.79. The van der Waals surface area contributed by atoms with E-state index in [4.69, 9.17) is 5.73 Å². The first-order valence-electron chi connectivity index (χ1n) is 5.68. The molecule has 17 heavy (non-hydrogen) atoms. The van der Waals surface area contributed by atoms with E-state index in [1.165, 1.54) is 4.88 Å². The maximum Gasteiger partial charge on any atom is 0.152 e. The average molecular weight is 247 g/mol. The molecule has 0 amide bonds. The molecular weight excluding hydrogens is 230 g/mol. The van der Waals surface area contributed by atoms with Crippen LogP contribution in [0.15, 0.2) is 35.8 Å². The van der Waals surface area contributed by atoms with Crippen LogP contribution < -0.4 is 10.6 Å². The predicted octanol–water partition coefficient (Wildman–Crippen LogP) is 3.14. The SMILES string of the molecule is CC(C)N(Cc1cccs1)c1ncccc1N. The van der Waals surface area contributed by atoms with Crippen molar-refractivity contribution >= 4 is 22.8 Å². The Bertz CT molecular complexity index is 465. The molecule has 0 unspecified atom stereocenters. The third-order valence-corrected chi connectivity index (χ3v) is 3.48. The fourth-order valence-electron chi connectivity index (χ4n) is 1.72. The molecule has 0 saturated heterocycles. The number of hydrogen-bond acceptors (Lipinski definition) is 4. The quantitative estimate of drug-likeness (QED) is 0.902. The van der Waals surface area contributed by atoms with Gasteiger partial charge in [0.15, 0.2) is 5.82 Å². The van der Waals surface area contributed by atoms with Crippen molar-refractivity contribution in [2.45, 2.75) is 26.4 Å². The minimum atomic E-state index is 0.370. The summed E-state index contributed by atoms with van der Waals surface area (Å²) in [6.45, 7) is 5.17. The minimum Gasteiger partial charge on any atom is -0.396 e. The summed E-state index contributed by atoms with van der Waals surface area (Å²) in [6, 6.07) is 8.34. The molecule has 2 N–H and O–H groups in total. The Labute approximate surface area is 106 Å². The van der Waals surface area contributed by atoms with E-state index in [1.807, 2.05) is 12.1 Å². The molecule has 2 rings (SSSR count). The van der Waals surface area contributed by atoms with Gasteiger partial charge < -0.3 is 10.6 Å². The number of nitrogen functional groups attached to an aromatic ring is 1. The highest BCUT2D eigenvalue weighted by molar-refractivity contribution is 7.09. The molecule has 2 heterocycles. The van der Waals surface area contributed by atoms with Crippen LogP contribution in [0.3, 0.4) is 0 Å². The first kappa shape index (κ1) is 11.9. The first-order valence-corrected chi connectivity index (χ1v) is 6.56. The Morgan fingerprint density at radius 3 is 2.76 bits per heavy atom. The van der Waals surface area contributed by atoms with Gasteiger partial charge in [-0.2, -0.15) is 0 Å². The van der Waals surface area contributed by atoms with Gasteiger partial charge in [0.1, 0.15) is 0 Å². The Morgan fingerprint density at radius 2 is 2.18 bits per heavy atom. The molecular formula is C13H17N3S. The van der Waals surface area contributed by atoms with Gasteiger partial charge in [-0.1, -0.05) is 6.07 Å². The number of nitrogens with zero attached hydrogens (tertiary/aromatic N) is 2. The third kappa shape index (κ3) is 2.77. The van der Waals surface area contributed by atoms with Crippen molar-refractivity contribution in [1.29, 1.82) is 0 Å². The highest BCUT2D eigenvalue weighted by Gasteiger charge is 2.15. The van der Waals surface area contributed by atoms with E-state index in [-0.39, 0.29) is 0 Å². The summed E-state index contributed by atoms with van der Waals surface area (Å²) in [5, 5.41) is 2.09. The molecule has 0 aliphatic rings. The highest BCUT2D eigenvalue weighted by Crippen LogP contribution is 2.24. The lowest BCUT2D eigenvalue weighted by Crippen LogP contribution is -2.31. The van der Waals surface area contributed by atoms with Gasteiger partial charge in [-0.25, -0.2) is 4.98 Å². The molecule has 0 spiro atoms. The molecule has 0 atom stereocenters. The zero-order valence-electron chi connectivity index (χ0n) is 10.1. The molecule has 2 aromatic rings. The fraction of sp³-hybridized carbons (Fsp3) is 0.308.